The minimum atomic E-state index is -3.23. The highest BCUT2D eigenvalue weighted by molar-refractivity contribution is 8.01. The monoisotopic (exact) mass is 346 g/mol. The molecule has 116 valence electrons. The lowest BCUT2D eigenvalue weighted by Crippen LogP contribution is -2.50. The van der Waals surface area contributed by atoms with Crippen molar-refractivity contribution in [1.29, 1.82) is 0 Å². The van der Waals surface area contributed by atoms with Crippen molar-refractivity contribution < 1.29 is 13.2 Å². The van der Waals surface area contributed by atoms with Gasteiger partial charge in [-0.3, -0.25) is 4.79 Å². The van der Waals surface area contributed by atoms with E-state index in [4.69, 9.17) is 0 Å². The van der Waals surface area contributed by atoms with Crippen LogP contribution in [0.3, 0.4) is 0 Å². The van der Waals surface area contributed by atoms with Gasteiger partial charge in [0.15, 0.2) is 9.84 Å². The lowest BCUT2D eigenvalue weighted by molar-refractivity contribution is -0.131. The van der Waals surface area contributed by atoms with Gasteiger partial charge < -0.3 is 4.90 Å². The van der Waals surface area contributed by atoms with Gasteiger partial charge in [0.25, 0.3) is 0 Å². The Labute approximate surface area is 133 Å². The van der Waals surface area contributed by atoms with Gasteiger partial charge in [0.1, 0.15) is 5.37 Å². The first kappa shape index (κ1) is 16.6. The maximum absolute atomic E-state index is 12.3. The average molecular weight is 346 g/mol. The summed E-state index contributed by atoms with van der Waals surface area (Å²) >= 11 is 3.09. The second kappa shape index (κ2) is 7.51. The van der Waals surface area contributed by atoms with Crippen molar-refractivity contribution in [2.75, 3.05) is 30.1 Å². The molecule has 2 heterocycles. The second-order valence-electron chi connectivity index (χ2n) is 4.71. The van der Waals surface area contributed by atoms with E-state index in [-0.39, 0.29) is 5.91 Å². The van der Waals surface area contributed by atoms with Crippen molar-refractivity contribution >= 4 is 39.3 Å². The number of rotatable bonds is 5. The number of thioether (sulfide) groups is 2. The van der Waals surface area contributed by atoms with Gasteiger partial charge in [-0.05, 0) is 12.1 Å². The highest BCUT2D eigenvalue weighted by Gasteiger charge is 2.33. The van der Waals surface area contributed by atoms with Crippen LogP contribution in [0.15, 0.2) is 29.4 Å². The molecule has 0 N–H and O–H groups in total. The van der Waals surface area contributed by atoms with E-state index in [1.54, 1.807) is 18.0 Å². The summed E-state index contributed by atoms with van der Waals surface area (Å²) in [6.07, 6.45) is 3.25. The number of sulfone groups is 1. The Kier molecular flexibility index (Phi) is 5.95. The highest BCUT2D eigenvalue weighted by atomic mass is 32.2. The van der Waals surface area contributed by atoms with Gasteiger partial charge in [-0.1, -0.05) is 6.07 Å². The van der Waals surface area contributed by atoms with E-state index in [1.807, 2.05) is 18.2 Å². The van der Waals surface area contributed by atoms with Gasteiger partial charge in [-0.25, -0.2) is 13.4 Å². The maximum Gasteiger partial charge on any atom is 0.224 e. The molecule has 1 aromatic rings. The third kappa shape index (κ3) is 4.89. The molecule has 21 heavy (non-hydrogen) atoms. The van der Waals surface area contributed by atoms with Crippen LogP contribution in [0.5, 0.6) is 0 Å². The van der Waals surface area contributed by atoms with Gasteiger partial charge >= 0.3 is 0 Å². The van der Waals surface area contributed by atoms with Crippen LogP contribution in [0, 0.1) is 0 Å². The van der Waals surface area contributed by atoms with Gasteiger partial charge in [0.2, 0.25) is 5.91 Å². The Balaban J connectivity index is 1.89. The molecule has 0 unspecified atom stereocenters. The highest BCUT2D eigenvalue weighted by Crippen LogP contribution is 2.22. The zero-order chi connectivity index (χ0) is 15.3. The molecule has 0 saturated carbocycles. The van der Waals surface area contributed by atoms with E-state index in [0.29, 0.717) is 24.5 Å². The molecule has 1 amide bonds. The second-order valence-corrected chi connectivity index (χ2v) is 9.18. The topological polar surface area (TPSA) is 67.3 Å². The SMILES string of the molecule is CS(=O)(=O)[C@@H]1CSCCN1C(=O)CCSc1ccccn1. The van der Waals surface area contributed by atoms with Crippen molar-refractivity contribution in [1.82, 2.24) is 9.88 Å². The first-order chi connectivity index (χ1) is 9.98. The molecule has 5 nitrogen and oxygen atoms in total. The predicted molar refractivity (Wildman–Crippen MR) is 87.2 cm³/mol. The summed E-state index contributed by atoms with van der Waals surface area (Å²) in [7, 11) is -3.23. The molecule has 1 atom stereocenters. The lowest BCUT2D eigenvalue weighted by atomic mass is 10.4. The Morgan fingerprint density at radius 3 is 3.00 bits per heavy atom. The smallest absolute Gasteiger partial charge is 0.224 e. The fraction of sp³-hybridized carbons (Fsp3) is 0.538. The van der Waals surface area contributed by atoms with Gasteiger partial charge in [0.05, 0.1) is 5.03 Å². The fourth-order valence-electron chi connectivity index (χ4n) is 2.04. The zero-order valence-electron chi connectivity index (χ0n) is 11.8. The average Bonchev–Trinajstić information content (AvgIpc) is 2.47. The molecule has 1 aliphatic rings. The minimum absolute atomic E-state index is 0.0887. The van der Waals surface area contributed by atoms with Crippen LogP contribution in [0.2, 0.25) is 0 Å². The van der Waals surface area contributed by atoms with Crippen LogP contribution >= 0.6 is 23.5 Å². The third-order valence-electron chi connectivity index (χ3n) is 3.10. The Hall–Kier alpha value is -0.730. The molecule has 0 aliphatic carbocycles. The Morgan fingerprint density at radius 1 is 1.52 bits per heavy atom. The number of nitrogens with zero attached hydrogens (tertiary/aromatic N) is 2. The molecule has 0 radical (unpaired) electrons. The lowest BCUT2D eigenvalue weighted by Gasteiger charge is -2.34. The van der Waals surface area contributed by atoms with E-state index in [9.17, 15) is 13.2 Å². The van der Waals surface area contributed by atoms with Gasteiger partial charge in [-0.2, -0.15) is 11.8 Å². The van der Waals surface area contributed by atoms with Crippen molar-refractivity contribution in [2.24, 2.45) is 0 Å². The van der Waals surface area contributed by atoms with E-state index < -0.39 is 15.2 Å². The number of pyridine rings is 1. The molecule has 2 rings (SSSR count). The fourth-order valence-corrected chi connectivity index (χ4v) is 5.67. The molecular formula is C13H18N2O3S3. The first-order valence-electron chi connectivity index (χ1n) is 6.58. The van der Waals surface area contributed by atoms with Crippen LogP contribution < -0.4 is 0 Å². The molecule has 1 aliphatic heterocycles. The predicted octanol–water partition coefficient (Wildman–Crippen LogP) is 1.51. The normalized spacial score (nSPS) is 19.5. The number of hydrogen-bond acceptors (Lipinski definition) is 6. The molecule has 0 spiro atoms. The van der Waals surface area contributed by atoms with Crippen LogP contribution in [0.25, 0.3) is 0 Å². The number of aromatic nitrogens is 1. The summed E-state index contributed by atoms with van der Waals surface area (Å²) in [5.41, 5.74) is 0. The molecule has 1 aromatic heterocycles. The van der Waals surface area contributed by atoms with E-state index >= 15 is 0 Å². The largest absolute Gasteiger partial charge is 0.324 e. The van der Waals surface area contributed by atoms with Gasteiger partial charge in [0, 0.05) is 42.7 Å². The summed E-state index contributed by atoms with van der Waals surface area (Å²) in [6.45, 7) is 0.509. The first-order valence-corrected chi connectivity index (χ1v) is 10.7. The van der Waals surface area contributed by atoms with Crippen molar-refractivity contribution in [3.63, 3.8) is 0 Å². The van der Waals surface area contributed by atoms with Gasteiger partial charge in [-0.15, -0.1) is 11.8 Å². The van der Waals surface area contributed by atoms with E-state index in [2.05, 4.69) is 4.98 Å². The molecule has 1 saturated heterocycles. The van der Waals surface area contributed by atoms with Crippen LogP contribution in [0.1, 0.15) is 6.42 Å². The van der Waals surface area contributed by atoms with Crippen LogP contribution in [0.4, 0.5) is 0 Å². The summed E-state index contributed by atoms with van der Waals surface area (Å²) in [4.78, 5) is 18.0. The van der Waals surface area contributed by atoms with E-state index in [0.717, 1.165) is 10.8 Å². The Morgan fingerprint density at radius 2 is 2.33 bits per heavy atom. The van der Waals surface area contributed by atoms with E-state index in [1.165, 1.54) is 22.9 Å². The summed E-state index contributed by atoms with van der Waals surface area (Å²) in [6, 6.07) is 5.64. The third-order valence-corrected chi connectivity index (χ3v) is 6.69. The standard InChI is InChI=1S/C13H18N2O3S3/c1-21(17,18)13-10-19-9-7-15(13)12(16)5-8-20-11-4-2-3-6-14-11/h2-4,6,13H,5,7-10H2,1H3/t13-/m1/s1. The molecule has 8 heteroatoms. The minimum Gasteiger partial charge on any atom is -0.324 e. The van der Waals surface area contributed by atoms with Crippen LogP contribution in [-0.2, 0) is 14.6 Å². The summed E-state index contributed by atoms with van der Waals surface area (Å²) < 4.78 is 23.5. The molecule has 0 aromatic carbocycles. The summed E-state index contributed by atoms with van der Waals surface area (Å²) in [5.74, 6) is 1.79. The Bertz CT molecular complexity index is 578. The number of amides is 1. The zero-order valence-corrected chi connectivity index (χ0v) is 14.2. The number of carbonyl (C=O) groups is 1. The molecule has 1 fully saturated rings. The summed E-state index contributed by atoms with van der Waals surface area (Å²) in [5, 5.41) is 0.197. The van der Waals surface area contributed by atoms with Crippen molar-refractivity contribution in [2.45, 2.75) is 16.8 Å². The molecule has 0 bridgehead atoms. The quantitative estimate of drug-likeness (QED) is 0.753. The van der Waals surface area contributed by atoms with Crippen LogP contribution in [-0.4, -0.2) is 59.6 Å². The van der Waals surface area contributed by atoms with Crippen molar-refractivity contribution in [3.8, 4) is 0 Å². The number of hydrogen-bond donors (Lipinski definition) is 0. The van der Waals surface area contributed by atoms with Crippen molar-refractivity contribution in [3.05, 3.63) is 24.4 Å². The number of carbonyl (C=O) groups excluding carboxylic acids is 1. The maximum atomic E-state index is 12.3. The molecular weight excluding hydrogens is 328 g/mol.